The molecule has 2 rings (SSSR count). The summed E-state index contributed by atoms with van der Waals surface area (Å²) in [5.41, 5.74) is 7.62. The first kappa shape index (κ1) is 25.0. The molecule has 0 aliphatic carbocycles. The van der Waals surface area contributed by atoms with E-state index in [1.54, 1.807) is 38.1 Å². The number of carboxylic acids is 1. The minimum absolute atomic E-state index is 0.102. The van der Waals surface area contributed by atoms with Crippen molar-refractivity contribution in [3.8, 4) is 0 Å². The zero-order valence-corrected chi connectivity index (χ0v) is 18.3. The van der Waals surface area contributed by atoms with Crippen molar-refractivity contribution >= 4 is 17.8 Å². The Balaban J connectivity index is 2.01. The van der Waals surface area contributed by atoms with Crippen molar-refractivity contribution in [1.82, 2.24) is 10.6 Å². The number of carbonyl (C=O) groups excluding carboxylic acids is 2. The van der Waals surface area contributed by atoms with E-state index in [0.29, 0.717) is 0 Å². The van der Waals surface area contributed by atoms with Crippen molar-refractivity contribution in [2.75, 3.05) is 0 Å². The van der Waals surface area contributed by atoms with Crippen LogP contribution in [0.3, 0.4) is 0 Å². The van der Waals surface area contributed by atoms with Gasteiger partial charge in [-0.1, -0.05) is 74.5 Å². The molecule has 0 radical (unpaired) electrons. The molecule has 0 saturated carbocycles. The molecule has 0 aromatic heterocycles. The number of carbonyl (C=O) groups is 3. The van der Waals surface area contributed by atoms with Crippen LogP contribution in [0.2, 0.25) is 0 Å². The van der Waals surface area contributed by atoms with Crippen molar-refractivity contribution < 1.29 is 24.6 Å². The van der Waals surface area contributed by atoms with Gasteiger partial charge in [0.2, 0.25) is 5.91 Å². The third-order valence-electron chi connectivity index (χ3n) is 5.13. The fourth-order valence-corrected chi connectivity index (χ4v) is 3.28. The van der Waals surface area contributed by atoms with E-state index in [4.69, 9.17) is 5.73 Å². The second-order valence-corrected chi connectivity index (χ2v) is 8.12. The molecule has 0 aliphatic heterocycles. The first-order valence-electron chi connectivity index (χ1n) is 10.5. The average molecular weight is 442 g/mol. The van der Waals surface area contributed by atoms with Crippen LogP contribution in [0.5, 0.6) is 0 Å². The number of aliphatic hydroxyl groups excluding tert-OH is 1. The van der Waals surface area contributed by atoms with E-state index in [1.165, 1.54) is 0 Å². The van der Waals surface area contributed by atoms with Crippen LogP contribution >= 0.6 is 0 Å². The van der Waals surface area contributed by atoms with E-state index >= 15 is 0 Å². The van der Waals surface area contributed by atoms with Crippen molar-refractivity contribution in [1.29, 1.82) is 0 Å². The normalized spacial score (nSPS) is 14.8. The van der Waals surface area contributed by atoms with Gasteiger partial charge in [-0.3, -0.25) is 9.59 Å². The summed E-state index contributed by atoms with van der Waals surface area (Å²) in [6.45, 7) is 3.43. The summed E-state index contributed by atoms with van der Waals surface area (Å²) >= 11 is 0. The summed E-state index contributed by atoms with van der Waals surface area (Å²) in [4.78, 5) is 37.0. The van der Waals surface area contributed by atoms with Gasteiger partial charge in [0.1, 0.15) is 18.2 Å². The lowest BCUT2D eigenvalue weighted by Crippen LogP contribution is -2.57. The van der Waals surface area contributed by atoms with Gasteiger partial charge in [0, 0.05) is 12.5 Å². The van der Waals surface area contributed by atoms with E-state index < -0.39 is 42.0 Å². The zero-order valence-electron chi connectivity index (χ0n) is 18.3. The van der Waals surface area contributed by atoms with Gasteiger partial charge < -0.3 is 26.6 Å². The maximum absolute atomic E-state index is 12.8. The lowest BCUT2D eigenvalue weighted by Gasteiger charge is -2.26. The van der Waals surface area contributed by atoms with Crippen LogP contribution in [-0.4, -0.2) is 52.2 Å². The molecule has 4 unspecified atom stereocenters. The first-order chi connectivity index (χ1) is 15.2. The van der Waals surface area contributed by atoms with Crippen LogP contribution in [0.1, 0.15) is 25.0 Å². The van der Waals surface area contributed by atoms with Crippen molar-refractivity contribution in [2.45, 2.75) is 50.9 Å². The summed E-state index contributed by atoms with van der Waals surface area (Å²) in [5.74, 6) is -2.94. The summed E-state index contributed by atoms with van der Waals surface area (Å²) in [5, 5.41) is 24.9. The maximum Gasteiger partial charge on any atom is 0.326 e. The van der Waals surface area contributed by atoms with Crippen molar-refractivity contribution in [2.24, 2.45) is 11.7 Å². The first-order valence-corrected chi connectivity index (χ1v) is 10.5. The van der Waals surface area contributed by atoms with E-state index in [9.17, 15) is 24.6 Å². The van der Waals surface area contributed by atoms with Crippen LogP contribution in [-0.2, 0) is 27.2 Å². The van der Waals surface area contributed by atoms with Gasteiger partial charge in [0.25, 0.3) is 5.91 Å². The number of rotatable bonds is 11. The number of hydrogen-bond donors (Lipinski definition) is 5. The molecule has 2 aromatic rings. The number of aliphatic carboxylic acids is 1. The third kappa shape index (κ3) is 7.47. The lowest BCUT2D eigenvalue weighted by atomic mass is 9.99. The Hall–Kier alpha value is -3.23. The number of amides is 2. The Labute approximate surface area is 187 Å². The smallest absolute Gasteiger partial charge is 0.326 e. The average Bonchev–Trinajstić information content (AvgIpc) is 2.77. The second kappa shape index (κ2) is 12.0. The minimum Gasteiger partial charge on any atom is -0.480 e. The number of carboxylic acid groups (broad SMARTS) is 1. The molecule has 32 heavy (non-hydrogen) atoms. The Morgan fingerprint density at radius 1 is 0.844 bits per heavy atom. The Morgan fingerprint density at radius 2 is 1.34 bits per heavy atom. The monoisotopic (exact) mass is 441 g/mol. The van der Waals surface area contributed by atoms with E-state index in [1.807, 2.05) is 36.4 Å². The Morgan fingerprint density at radius 3 is 1.81 bits per heavy atom. The quantitative estimate of drug-likeness (QED) is 0.350. The Kier molecular flexibility index (Phi) is 9.37. The maximum atomic E-state index is 12.8. The number of benzene rings is 2. The fraction of sp³-hybridized carbons (Fsp3) is 0.375. The number of aliphatic hydroxyl groups is 1. The van der Waals surface area contributed by atoms with E-state index in [-0.39, 0.29) is 18.8 Å². The molecule has 0 saturated heterocycles. The summed E-state index contributed by atoms with van der Waals surface area (Å²) in [7, 11) is 0. The fourth-order valence-electron chi connectivity index (χ4n) is 3.28. The number of nitrogens with one attached hydrogen (secondary N) is 2. The molecule has 0 bridgehead atoms. The van der Waals surface area contributed by atoms with Crippen LogP contribution in [0.25, 0.3) is 0 Å². The second-order valence-electron chi connectivity index (χ2n) is 8.12. The molecule has 2 amide bonds. The molecule has 4 atom stereocenters. The van der Waals surface area contributed by atoms with Crippen molar-refractivity contribution in [3.05, 3.63) is 71.8 Å². The molecule has 8 nitrogen and oxygen atoms in total. The van der Waals surface area contributed by atoms with Crippen LogP contribution in [0.4, 0.5) is 0 Å². The largest absolute Gasteiger partial charge is 0.480 e. The predicted octanol–water partition coefficient (Wildman–Crippen LogP) is 0.870. The third-order valence-corrected chi connectivity index (χ3v) is 5.13. The topological polar surface area (TPSA) is 142 Å². The number of nitrogens with two attached hydrogens (primary N) is 1. The van der Waals surface area contributed by atoms with Gasteiger partial charge >= 0.3 is 5.97 Å². The van der Waals surface area contributed by atoms with Crippen LogP contribution in [0, 0.1) is 5.92 Å². The van der Waals surface area contributed by atoms with Crippen LogP contribution in [0.15, 0.2) is 60.7 Å². The molecule has 0 spiro atoms. The molecular formula is C24H31N3O5. The summed E-state index contributed by atoms with van der Waals surface area (Å²) in [6.07, 6.45) is -1.14. The molecule has 6 N–H and O–H groups in total. The minimum atomic E-state index is -1.52. The van der Waals surface area contributed by atoms with Crippen molar-refractivity contribution in [3.63, 3.8) is 0 Å². The van der Waals surface area contributed by atoms with Gasteiger partial charge in [0.15, 0.2) is 0 Å². The van der Waals surface area contributed by atoms with Gasteiger partial charge in [-0.05, 0) is 23.5 Å². The van der Waals surface area contributed by atoms with E-state index in [2.05, 4.69) is 10.6 Å². The van der Waals surface area contributed by atoms with Gasteiger partial charge in [-0.2, -0.15) is 0 Å². The highest BCUT2D eigenvalue weighted by Crippen LogP contribution is 2.09. The molecule has 0 fully saturated rings. The number of hydrogen-bond acceptors (Lipinski definition) is 5. The van der Waals surface area contributed by atoms with Gasteiger partial charge in [-0.25, -0.2) is 4.79 Å². The summed E-state index contributed by atoms with van der Waals surface area (Å²) < 4.78 is 0. The molecule has 8 heteroatoms. The highest BCUT2D eigenvalue weighted by molar-refractivity contribution is 5.92. The highest BCUT2D eigenvalue weighted by atomic mass is 16.4. The molecule has 0 heterocycles. The van der Waals surface area contributed by atoms with Gasteiger partial charge in [-0.15, -0.1) is 0 Å². The van der Waals surface area contributed by atoms with Crippen LogP contribution < -0.4 is 16.4 Å². The van der Waals surface area contributed by atoms with Gasteiger partial charge in [0.05, 0.1) is 0 Å². The zero-order chi connectivity index (χ0) is 23.7. The summed E-state index contributed by atoms with van der Waals surface area (Å²) in [6, 6.07) is 15.1. The molecule has 2 aromatic carbocycles. The predicted molar refractivity (Wildman–Crippen MR) is 121 cm³/mol. The standard InChI is InChI=1S/C24H31N3O5/c1-15(2)20(22(29)26-19(24(31)32)14-17-11-7-4-8-12-17)27-23(30)21(28)18(25)13-16-9-5-3-6-10-16/h3-12,15,18-21,28H,13-14,25H2,1-2H3,(H,26,29)(H,27,30)(H,31,32). The molecular weight excluding hydrogens is 410 g/mol. The lowest BCUT2D eigenvalue weighted by molar-refractivity contribution is -0.142. The molecule has 172 valence electrons. The SMILES string of the molecule is CC(C)C(NC(=O)C(O)C(N)Cc1ccccc1)C(=O)NC(Cc1ccccc1)C(=O)O. The molecule has 0 aliphatic rings. The highest BCUT2D eigenvalue weighted by Gasteiger charge is 2.32. The Bertz CT molecular complexity index is 889. The van der Waals surface area contributed by atoms with E-state index in [0.717, 1.165) is 11.1 Å².